The normalized spacial score (nSPS) is 16.2. The van der Waals surface area contributed by atoms with Gasteiger partial charge in [-0.1, -0.05) is 47.6 Å². The zero-order chi connectivity index (χ0) is 21.7. The Morgan fingerprint density at radius 3 is 2.52 bits per heavy atom. The van der Waals surface area contributed by atoms with E-state index in [0.717, 1.165) is 36.5 Å². The van der Waals surface area contributed by atoms with Gasteiger partial charge in [0.1, 0.15) is 17.2 Å². The summed E-state index contributed by atoms with van der Waals surface area (Å²) in [4.78, 5) is 15.3. The molecule has 4 rings (SSSR count). The predicted molar refractivity (Wildman–Crippen MR) is 117 cm³/mol. The van der Waals surface area contributed by atoms with Gasteiger partial charge in [0.05, 0.1) is 12.0 Å². The lowest BCUT2D eigenvalue weighted by Gasteiger charge is -2.39. The molecule has 0 saturated carbocycles. The van der Waals surface area contributed by atoms with E-state index in [0.29, 0.717) is 31.6 Å². The quantitative estimate of drug-likeness (QED) is 0.570. The first kappa shape index (κ1) is 21.1. The predicted octanol–water partition coefficient (Wildman–Crippen LogP) is 4.44. The number of phenols is 1. The molecule has 2 heterocycles. The minimum Gasteiger partial charge on any atom is -0.508 e. The Labute approximate surface area is 182 Å². The molecule has 0 unspecified atom stereocenters. The van der Waals surface area contributed by atoms with Crippen molar-refractivity contribution < 1.29 is 19.2 Å². The van der Waals surface area contributed by atoms with Crippen molar-refractivity contribution in [3.05, 3.63) is 72.0 Å². The summed E-state index contributed by atoms with van der Waals surface area (Å²) in [6, 6.07) is 19.1. The Kier molecular flexibility index (Phi) is 6.37. The number of ether oxygens (including phenoxy) is 1. The van der Waals surface area contributed by atoms with Gasteiger partial charge in [-0.25, -0.2) is 0 Å². The van der Waals surface area contributed by atoms with Crippen molar-refractivity contribution in [2.75, 3.05) is 19.7 Å². The molecule has 0 bridgehead atoms. The van der Waals surface area contributed by atoms with Crippen LogP contribution in [0.4, 0.5) is 0 Å². The minimum absolute atomic E-state index is 0.156. The van der Waals surface area contributed by atoms with Crippen LogP contribution in [0.25, 0.3) is 11.3 Å². The van der Waals surface area contributed by atoms with Crippen LogP contribution in [0.5, 0.6) is 5.75 Å². The van der Waals surface area contributed by atoms with Crippen LogP contribution in [0.15, 0.2) is 65.2 Å². The molecule has 0 amide bonds. The van der Waals surface area contributed by atoms with E-state index in [1.807, 2.05) is 55.5 Å². The third kappa shape index (κ3) is 4.97. The van der Waals surface area contributed by atoms with Crippen molar-refractivity contribution in [2.45, 2.75) is 32.7 Å². The number of aromatic hydroxyl groups is 1. The van der Waals surface area contributed by atoms with Gasteiger partial charge in [0, 0.05) is 24.6 Å². The van der Waals surface area contributed by atoms with Crippen LogP contribution in [0, 0.1) is 5.41 Å². The highest BCUT2D eigenvalue weighted by Crippen LogP contribution is 2.38. The molecule has 31 heavy (non-hydrogen) atoms. The summed E-state index contributed by atoms with van der Waals surface area (Å²) in [6.07, 6.45) is 1.88. The molecule has 1 fully saturated rings. The van der Waals surface area contributed by atoms with Crippen LogP contribution in [0.2, 0.25) is 0 Å². The topological polar surface area (TPSA) is 75.8 Å². The fraction of sp³-hybridized carbons (Fsp3) is 0.360. The minimum atomic E-state index is -0.602. The first-order valence-electron chi connectivity index (χ1n) is 10.8. The summed E-state index contributed by atoms with van der Waals surface area (Å²) < 4.78 is 11.1. The Bertz CT molecular complexity index is 990. The van der Waals surface area contributed by atoms with Gasteiger partial charge in [-0.15, -0.1) is 0 Å². The highest BCUT2D eigenvalue weighted by atomic mass is 16.5. The number of aromatic nitrogens is 1. The maximum Gasteiger partial charge on any atom is 0.312 e. The van der Waals surface area contributed by atoms with E-state index in [-0.39, 0.29) is 11.7 Å². The number of hydrogen-bond acceptors (Lipinski definition) is 6. The zero-order valence-electron chi connectivity index (χ0n) is 17.8. The molecule has 162 valence electrons. The Morgan fingerprint density at radius 1 is 1.13 bits per heavy atom. The van der Waals surface area contributed by atoms with E-state index in [1.54, 1.807) is 12.1 Å². The summed E-state index contributed by atoms with van der Waals surface area (Å²) in [5, 5.41) is 13.7. The van der Waals surface area contributed by atoms with Crippen molar-refractivity contribution in [1.29, 1.82) is 0 Å². The van der Waals surface area contributed by atoms with E-state index in [1.165, 1.54) is 0 Å². The third-order valence-electron chi connectivity index (χ3n) is 6.01. The van der Waals surface area contributed by atoms with E-state index in [2.05, 4.69) is 10.1 Å². The maximum absolute atomic E-state index is 13.0. The second-order valence-electron chi connectivity index (χ2n) is 8.16. The van der Waals surface area contributed by atoms with Gasteiger partial charge >= 0.3 is 5.97 Å². The van der Waals surface area contributed by atoms with Crippen LogP contribution in [-0.2, 0) is 22.5 Å². The van der Waals surface area contributed by atoms with E-state index in [4.69, 9.17) is 9.26 Å². The number of likely N-dealkylation sites (tertiary alicyclic amines) is 1. The maximum atomic E-state index is 13.0. The fourth-order valence-electron chi connectivity index (χ4n) is 4.21. The molecule has 0 radical (unpaired) electrons. The smallest absolute Gasteiger partial charge is 0.312 e. The van der Waals surface area contributed by atoms with Crippen molar-refractivity contribution in [3.8, 4) is 17.0 Å². The van der Waals surface area contributed by atoms with Gasteiger partial charge in [0.25, 0.3) is 0 Å². The van der Waals surface area contributed by atoms with Crippen LogP contribution < -0.4 is 0 Å². The summed E-state index contributed by atoms with van der Waals surface area (Å²) in [6.45, 7) is 4.58. The first-order chi connectivity index (χ1) is 15.1. The van der Waals surface area contributed by atoms with Crippen molar-refractivity contribution in [1.82, 2.24) is 10.1 Å². The Morgan fingerprint density at radius 2 is 1.84 bits per heavy atom. The van der Waals surface area contributed by atoms with Gasteiger partial charge in [0.15, 0.2) is 0 Å². The third-order valence-corrected chi connectivity index (χ3v) is 6.01. The molecule has 1 aliphatic rings. The van der Waals surface area contributed by atoms with Gasteiger partial charge < -0.3 is 14.4 Å². The zero-order valence-corrected chi connectivity index (χ0v) is 17.8. The highest BCUT2D eigenvalue weighted by molar-refractivity contribution is 5.77. The monoisotopic (exact) mass is 420 g/mol. The van der Waals surface area contributed by atoms with Crippen LogP contribution in [0.3, 0.4) is 0 Å². The van der Waals surface area contributed by atoms with Gasteiger partial charge in [-0.3, -0.25) is 9.69 Å². The molecule has 0 atom stereocenters. The lowest BCUT2D eigenvalue weighted by Crippen LogP contribution is -2.46. The number of nitrogens with zero attached hydrogens (tertiary/aromatic N) is 2. The van der Waals surface area contributed by atoms with Crippen LogP contribution in [0.1, 0.15) is 31.1 Å². The van der Waals surface area contributed by atoms with Crippen LogP contribution in [-0.4, -0.2) is 40.8 Å². The van der Waals surface area contributed by atoms with E-state index >= 15 is 0 Å². The second kappa shape index (κ2) is 9.35. The lowest BCUT2D eigenvalue weighted by atomic mass is 9.74. The highest BCUT2D eigenvalue weighted by Gasteiger charge is 2.43. The Balaban J connectivity index is 1.46. The molecule has 2 aromatic carbocycles. The van der Waals surface area contributed by atoms with E-state index < -0.39 is 5.41 Å². The average molecular weight is 421 g/mol. The molecule has 1 N–H and O–H groups in total. The fourth-order valence-corrected chi connectivity index (χ4v) is 4.21. The lowest BCUT2D eigenvalue weighted by molar-refractivity contribution is -0.159. The van der Waals surface area contributed by atoms with Crippen LogP contribution >= 0.6 is 0 Å². The largest absolute Gasteiger partial charge is 0.508 e. The first-order valence-corrected chi connectivity index (χ1v) is 10.8. The SMILES string of the molecule is CCOC(=O)C1(Cc2cc(-c3ccccc3)no2)CCN(Cc2ccc(O)cc2)CC1. The van der Waals surface area contributed by atoms with Crippen molar-refractivity contribution >= 4 is 5.97 Å². The number of hydrogen-bond donors (Lipinski definition) is 1. The number of carbonyl (C=O) groups is 1. The average Bonchev–Trinajstić information content (AvgIpc) is 3.26. The number of rotatable bonds is 7. The molecule has 6 heteroatoms. The molecular weight excluding hydrogens is 392 g/mol. The molecule has 1 aliphatic heterocycles. The summed E-state index contributed by atoms with van der Waals surface area (Å²) in [5.41, 5.74) is 2.31. The molecule has 0 spiro atoms. The van der Waals surface area contributed by atoms with Gasteiger partial charge in [-0.05, 0) is 50.6 Å². The standard InChI is InChI=1S/C25H28N2O4/c1-2-30-24(29)25(17-22-16-23(26-31-22)20-6-4-3-5-7-20)12-14-27(15-13-25)18-19-8-10-21(28)11-9-19/h3-11,16,28H,2,12-15,17-18H2,1H3. The molecule has 0 aliphatic carbocycles. The number of benzene rings is 2. The Hall–Kier alpha value is -3.12. The number of piperidine rings is 1. The number of phenolic OH excluding ortho intramolecular Hbond substituents is 1. The molecular formula is C25H28N2O4. The van der Waals surface area contributed by atoms with E-state index in [9.17, 15) is 9.90 Å². The number of carbonyl (C=O) groups excluding carboxylic acids is 1. The molecule has 3 aromatic rings. The number of esters is 1. The van der Waals surface area contributed by atoms with Gasteiger partial charge in [0.2, 0.25) is 0 Å². The molecule has 1 saturated heterocycles. The van der Waals surface area contributed by atoms with Crippen molar-refractivity contribution in [2.24, 2.45) is 5.41 Å². The molecule has 1 aromatic heterocycles. The molecule has 6 nitrogen and oxygen atoms in total. The van der Waals surface area contributed by atoms with Crippen molar-refractivity contribution in [3.63, 3.8) is 0 Å². The second-order valence-corrected chi connectivity index (χ2v) is 8.16. The van der Waals surface area contributed by atoms with Gasteiger partial charge in [-0.2, -0.15) is 0 Å². The summed E-state index contributed by atoms with van der Waals surface area (Å²) in [7, 11) is 0. The summed E-state index contributed by atoms with van der Waals surface area (Å²) in [5.74, 6) is 0.821. The summed E-state index contributed by atoms with van der Waals surface area (Å²) >= 11 is 0.